The molecule has 0 spiro atoms. The van der Waals surface area contributed by atoms with Crippen molar-refractivity contribution in [3.8, 4) is 0 Å². The summed E-state index contributed by atoms with van der Waals surface area (Å²) in [4.78, 5) is 24.1. The molecule has 0 aliphatic carbocycles. The molecule has 2 aromatic rings. The minimum Gasteiger partial charge on any atom is -0.480 e. The van der Waals surface area contributed by atoms with Crippen LogP contribution in [0.15, 0.2) is 60.7 Å². The Morgan fingerprint density at radius 2 is 1.42 bits per heavy atom. The fourth-order valence-electron chi connectivity index (χ4n) is 3.18. The van der Waals surface area contributed by atoms with Crippen LogP contribution in [0, 0.1) is 0 Å². The van der Waals surface area contributed by atoms with Gasteiger partial charge in [-0.25, -0.2) is 0 Å². The molecule has 0 heterocycles. The number of rotatable bonds is 8. The quantitative estimate of drug-likeness (QED) is 0.717. The van der Waals surface area contributed by atoms with Crippen LogP contribution < -0.4 is 0 Å². The predicted octanol–water partition coefficient (Wildman–Crippen LogP) is 4.07. The van der Waals surface area contributed by atoms with Crippen molar-refractivity contribution in [2.75, 3.05) is 0 Å². The van der Waals surface area contributed by atoms with Crippen molar-refractivity contribution in [3.63, 3.8) is 0 Å². The molecule has 0 aromatic heterocycles. The van der Waals surface area contributed by atoms with Crippen molar-refractivity contribution < 1.29 is 19.8 Å². The molecular formula is C20H22O4. The Hall–Kier alpha value is -2.62. The van der Waals surface area contributed by atoms with E-state index in [1.54, 1.807) is 30.3 Å². The third kappa shape index (κ3) is 3.48. The number of hydrogen-bond donors (Lipinski definition) is 2. The Bertz CT molecular complexity index is 665. The fourth-order valence-corrected chi connectivity index (χ4v) is 3.18. The summed E-state index contributed by atoms with van der Waals surface area (Å²) in [5.41, 5.74) is -0.666. The molecule has 0 aliphatic rings. The summed E-state index contributed by atoms with van der Waals surface area (Å²) in [6.07, 6.45) is 1.61. The topological polar surface area (TPSA) is 74.6 Å². The van der Waals surface area contributed by atoms with Crippen LogP contribution in [0.3, 0.4) is 0 Å². The van der Waals surface area contributed by atoms with Gasteiger partial charge in [-0.05, 0) is 29.9 Å². The average molecular weight is 326 g/mol. The second-order valence-electron chi connectivity index (χ2n) is 5.98. The molecule has 1 unspecified atom stereocenters. The van der Waals surface area contributed by atoms with Gasteiger partial charge < -0.3 is 10.2 Å². The van der Waals surface area contributed by atoms with E-state index < -0.39 is 17.4 Å². The highest BCUT2D eigenvalue weighted by Gasteiger charge is 2.49. The lowest BCUT2D eigenvalue weighted by atomic mass is 9.71. The zero-order valence-corrected chi connectivity index (χ0v) is 13.7. The summed E-state index contributed by atoms with van der Waals surface area (Å²) in [7, 11) is 0. The van der Waals surface area contributed by atoms with Crippen LogP contribution in [0.5, 0.6) is 0 Å². The molecule has 4 nitrogen and oxygen atoms in total. The first-order valence-electron chi connectivity index (χ1n) is 8.09. The first-order valence-corrected chi connectivity index (χ1v) is 8.09. The Morgan fingerprint density at radius 3 is 1.88 bits per heavy atom. The van der Waals surface area contributed by atoms with E-state index >= 15 is 0 Å². The van der Waals surface area contributed by atoms with Gasteiger partial charge in [-0.1, -0.05) is 74.0 Å². The molecule has 0 bridgehead atoms. The summed E-state index contributed by atoms with van der Waals surface area (Å²) in [6.45, 7) is 2.02. The van der Waals surface area contributed by atoms with E-state index in [1.165, 1.54) is 0 Å². The number of carbonyl (C=O) groups is 2. The van der Waals surface area contributed by atoms with Gasteiger partial charge >= 0.3 is 11.9 Å². The van der Waals surface area contributed by atoms with Gasteiger partial charge in [0.1, 0.15) is 0 Å². The summed E-state index contributed by atoms with van der Waals surface area (Å²) in [5.74, 6) is -2.78. The maximum atomic E-state index is 12.1. The van der Waals surface area contributed by atoms with Crippen molar-refractivity contribution >= 4 is 11.9 Å². The van der Waals surface area contributed by atoms with Gasteiger partial charge in [-0.3, -0.25) is 9.59 Å². The first kappa shape index (κ1) is 17.7. The van der Waals surface area contributed by atoms with Gasteiger partial charge in [0.05, 0.1) is 0 Å². The standard InChI is InChI=1S/C20H22O4/c1-2-9-16(15-10-5-3-6-11-15)14-20(18(21)22,19(23)24)17-12-7-4-8-13-17/h3-8,10-13,16H,2,9,14H2,1H3,(H,21,22)(H,23,24). The van der Waals surface area contributed by atoms with E-state index in [-0.39, 0.29) is 12.3 Å². The van der Waals surface area contributed by atoms with Crippen LogP contribution >= 0.6 is 0 Å². The van der Waals surface area contributed by atoms with Gasteiger partial charge in [0.25, 0.3) is 0 Å². The molecular weight excluding hydrogens is 304 g/mol. The molecule has 0 fully saturated rings. The van der Waals surface area contributed by atoms with Crippen LogP contribution in [0.2, 0.25) is 0 Å². The highest BCUT2D eigenvalue weighted by molar-refractivity contribution is 6.04. The van der Waals surface area contributed by atoms with Crippen molar-refractivity contribution in [2.24, 2.45) is 0 Å². The molecule has 24 heavy (non-hydrogen) atoms. The van der Waals surface area contributed by atoms with Gasteiger partial charge in [0, 0.05) is 0 Å². The third-order valence-electron chi connectivity index (χ3n) is 4.46. The Kier molecular flexibility index (Phi) is 5.74. The maximum Gasteiger partial charge on any atom is 0.325 e. The lowest BCUT2D eigenvalue weighted by molar-refractivity contribution is -0.158. The number of benzene rings is 2. The van der Waals surface area contributed by atoms with E-state index in [2.05, 4.69) is 0 Å². The highest BCUT2D eigenvalue weighted by Crippen LogP contribution is 2.38. The summed E-state index contributed by atoms with van der Waals surface area (Å²) in [5, 5.41) is 19.7. The molecule has 2 N–H and O–H groups in total. The van der Waals surface area contributed by atoms with E-state index in [0.29, 0.717) is 5.56 Å². The van der Waals surface area contributed by atoms with Gasteiger partial charge in [0.2, 0.25) is 0 Å². The number of carboxylic acid groups (broad SMARTS) is 2. The van der Waals surface area contributed by atoms with Crippen molar-refractivity contribution in [2.45, 2.75) is 37.5 Å². The zero-order valence-electron chi connectivity index (χ0n) is 13.7. The van der Waals surface area contributed by atoms with Crippen molar-refractivity contribution in [3.05, 3.63) is 71.8 Å². The lowest BCUT2D eigenvalue weighted by Crippen LogP contribution is -2.45. The minimum absolute atomic E-state index is 0.0273. The molecule has 2 rings (SSSR count). The van der Waals surface area contributed by atoms with Gasteiger partial charge in [-0.2, -0.15) is 0 Å². The number of carboxylic acids is 2. The molecule has 0 saturated carbocycles. The SMILES string of the molecule is CCCC(CC(C(=O)O)(C(=O)O)c1ccccc1)c1ccccc1. The molecule has 2 aromatic carbocycles. The molecule has 0 saturated heterocycles. The molecule has 0 amide bonds. The fraction of sp³-hybridized carbons (Fsp3) is 0.300. The first-order chi connectivity index (χ1) is 11.5. The van der Waals surface area contributed by atoms with Crippen molar-refractivity contribution in [1.29, 1.82) is 0 Å². The van der Waals surface area contributed by atoms with Gasteiger partial charge in [0.15, 0.2) is 5.41 Å². The van der Waals surface area contributed by atoms with Crippen LogP contribution in [-0.2, 0) is 15.0 Å². The number of aliphatic carboxylic acids is 2. The van der Waals surface area contributed by atoms with E-state index in [1.807, 2.05) is 37.3 Å². The van der Waals surface area contributed by atoms with Crippen LogP contribution in [0.25, 0.3) is 0 Å². The molecule has 4 heteroatoms. The van der Waals surface area contributed by atoms with E-state index in [9.17, 15) is 19.8 Å². The second kappa shape index (κ2) is 7.77. The Morgan fingerprint density at radius 1 is 0.917 bits per heavy atom. The smallest absolute Gasteiger partial charge is 0.325 e. The molecule has 1 atom stereocenters. The lowest BCUT2D eigenvalue weighted by Gasteiger charge is -2.30. The minimum atomic E-state index is -1.95. The average Bonchev–Trinajstić information content (AvgIpc) is 2.59. The van der Waals surface area contributed by atoms with Crippen LogP contribution in [0.1, 0.15) is 43.2 Å². The maximum absolute atomic E-state index is 12.1. The van der Waals surface area contributed by atoms with E-state index in [0.717, 1.165) is 18.4 Å². The number of hydrogen-bond acceptors (Lipinski definition) is 2. The van der Waals surface area contributed by atoms with Crippen molar-refractivity contribution in [1.82, 2.24) is 0 Å². The van der Waals surface area contributed by atoms with Crippen LogP contribution in [-0.4, -0.2) is 22.2 Å². The summed E-state index contributed by atoms with van der Waals surface area (Å²) >= 11 is 0. The highest BCUT2D eigenvalue weighted by atomic mass is 16.4. The zero-order chi connectivity index (χ0) is 17.6. The molecule has 126 valence electrons. The molecule has 0 radical (unpaired) electrons. The summed E-state index contributed by atoms with van der Waals surface area (Å²) in [6, 6.07) is 17.8. The third-order valence-corrected chi connectivity index (χ3v) is 4.46. The van der Waals surface area contributed by atoms with Crippen LogP contribution in [0.4, 0.5) is 0 Å². The Labute approximate surface area is 141 Å². The monoisotopic (exact) mass is 326 g/mol. The molecule has 0 aliphatic heterocycles. The summed E-state index contributed by atoms with van der Waals surface area (Å²) < 4.78 is 0. The normalized spacial score (nSPS) is 12.5. The second-order valence-corrected chi connectivity index (χ2v) is 5.98. The van der Waals surface area contributed by atoms with Gasteiger partial charge in [-0.15, -0.1) is 0 Å². The Balaban J connectivity index is 2.51. The predicted molar refractivity (Wildman–Crippen MR) is 92.1 cm³/mol. The largest absolute Gasteiger partial charge is 0.480 e. The van der Waals surface area contributed by atoms with E-state index in [4.69, 9.17) is 0 Å².